The van der Waals surface area contributed by atoms with E-state index in [0.717, 1.165) is 24.5 Å². The molecule has 4 atom stereocenters. The van der Waals surface area contributed by atoms with Crippen molar-refractivity contribution in [3.63, 3.8) is 0 Å². The van der Waals surface area contributed by atoms with Gasteiger partial charge in [0.1, 0.15) is 0 Å². The second kappa shape index (κ2) is 4.77. The van der Waals surface area contributed by atoms with Gasteiger partial charge in [0.15, 0.2) is 0 Å². The highest BCUT2D eigenvalue weighted by Gasteiger charge is 2.53. The van der Waals surface area contributed by atoms with Crippen LogP contribution >= 0.6 is 0 Å². The lowest BCUT2D eigenvalue weighted by Gasteiger charge is -2.48. The number of likely N-dealkylation sites (tertiary alicyclic amines) is 1. The van der Waals surface area contributed by atoms with Gasteiger partial charge >= 0.3 is 0 Å². The van der Waals surface area contributed by atoms with Crippen LogP contribution in [-0.4, -0.2) is 53.6 Å². The van der Waals surface area contributed by atoms with Gasteiger partial charge in [-0.25, -0.2) is 0 Å². The molecule has 0 amide bonds. The summed E-state index contributed by atoms with van der Waals surface area (Å²) in [6, 6.07) is 1.47. The predicted molar refractivity (Wildman–Crippen MR) is 75.6 cm³/mol. The van der Waals surface area contributed by atoms with E-state index in [1.54, 1.807) is 0 Å². The van der Waals surface area contributed by atoms with Crippen LogP contribution in [0, 0.1) is 5.92 Å². The van der Waals surface area contributed by atoms with Crippen molar-refractivity contribution in [1.29, 1.82) is 0 Å². The molecule has 0 aliphatic carbocycles. The zero-order valence-corrected chi connectivity index (χ0v) is 12.1. The van der Waals surface area contributed by atoms with Crippen LogP contribution in [0.5, 0.6) is 0 Å². The molecule has 2 N–H and O–H groups in total. The number of fused-ring (bicyclic) bond motifs is 1. The fourth-order valence-corrected chi connectivity index (χ4v) is 4.98. The predicted octanol–water partition coefficient (Wildman–Crippen LogP) is 1.67. The summed E-state index contributed by atoms with van der Waals surface area (Å²) in [5.74, 6) is 0.848. The van der Waals surface area contributed by atoms with Crippen molar-refractivity contribution >= 4 is 0 Å². The van der Waals surface area contributed by atoms with Gasteiger partial charge in [0, 0.05) is 31.7 Å². The molecule has 3 aliphatic rings. The molecule has 3 fully saturated rings. The van der Waals surface area contributed by atoms with E-state index in [4.69, 9.17) is 5.73 Å². The van der Waals surface area contributed by atoms with Gasteiger partial charge in [0.25, 0.3) is 0 Å². The number of piperidine rings is 1. The van der Waals surface area contributed by atoms with Crippen LogP contribution in [-0.2, 0) is 0 Å². The summed E-state index contributed by atoms with van der Waals surface area (Å²) in [5.41, 5.74) is 6.59. The highest BCUT2D eigenvalue weighted by atomic mass is 15.3. The highest BCUT2D eigenvalue weighted by Crippen LogP contribution is 2.42. The van der Waals surface area contributed by atoms with Crippen molar-refractivity contribution in [1.82, 2.24) is 9.80 Å². The maximum Gasteiger partial charge on any atom is 0.0501 e. The quantitative estimate of drug-likeness (QED) is 0.810. The third-order valence-electron chi connectivity index (χ3n) is 5.78. The molecule has 0 aromatic carbocycles. The lowest BCUT2D eigenvalue weighted by Crippen LogP contribution is -2.62. The second-order valence-corrected chi connectivity index (χ2v) is 6.95. The summed E-state index contributed by atoms with van der Waals surface area (Å²) in [7, 11) is 0. The summed E-state index contributed by atoms with van der Waals surface area (Å²) < 4.78 is 0. The van der Waals surface area contributed by atoms with E-state index >= 15 is 0 Å². The molecular weight excluding hydrogens is 222 g/mol. The minimum absolute atomic E-state index is 0.296. The van der Waals surface area contributed by atoms with Crippen LogP contribution in [0.2, 0.25) is 0 Å². The van der Waals surface area contributed by atoms with Crippen LogP contribution < -0.4 is 5.73 Å². The fraction of sp³-hybridized carbons (Fsp3) is 1.00. The molecular formula is C15H29N3. The molecule has 104 valence electrons. The largest absolute Gasteiger partial charge is 0.329 e. The molecule has 18 heavy (non-hydrogen) atoms. The van der Waals surface area contributed by atoms with Gasteiger partial charge in [-0.15, -0.1) is 0 Å². The van der Waals surface area contributed by atoms with Crippen molar-refractivity contribution in [2.75, 3.05) is 26.2 Å². The van der Waals surface area contributed by atoms with Crippen molar-refractivity contribution in [2.45, 2.75) is 63.6 Å². The number of nitrogens with zero attached hydrogens (tertiary/aromatic N) is 2. The van der Waals surface area contributed by atoms with Crippen molar-refractivity contribution in [2.24, 2.45) is 11.7 Å². The molecule has 0 spiro atoms. The molecule has 3 saturated heterocycles. The smallest absolute Gasteiger partial charge is 0.0501 e. The van der Waals surface area contributed by atoms with Crippen LogP contribution in [0.3, 0.4) is 0 Å². The topological polar surface area (TPSA) is 32.5 Å². The Labute approximate surface area is 112 Å². The van der Waals surface area contributed by atoms with Gasteiger partial charge in [-0.3, -0.25) is 9.80 Å². The molecule has 3 rings (SSSR count). The summed E-state index contributed by atoms with van der Waals surface area (Å²) >= 11 is 0. The van der Waals surface area contributed by atoms with Crippen LogP contribution in [0.4, 0.5) is 0 Å². The minimum atomic E-state index is 0.296. The Hall–Kier alpha value is -0.120. The molecule has 3 heterocycles. The number of hydrogen-bond donors (Lipinski definition) is 1. The van der Waals surface area contributed by atoms with E-state index in [9.17, 15) is 0 Å². The van der Waals surface area contributed by atoms with E-state index in [2.05, 4.69) is 23.6 Å². The van der Waals surface area contributed by atoms with Gasteiger partial charge in [-0.2, -0.15) is 0 Å². The van der Waals surface area contributed by atoms with Crippen molar-refractivity contribution in [3.8, 4) is 0 Å². The lowest BCUT2D eigenvalue weighted by atomic mass is 9.83. The molecule has 0 aromatic heterocycles. The van der Waals surface area contributed by atoms with E-state index in [-0.39, 0.29) is 0 Å². The molecule has 3 heteroatoms. The Morgan fingerprint density at radius 3 is 2.72 bits per heavy atom. The molecule has 0 radical (unpaired) electrons. The Morgan fingerprint density at radius 2 is 2.06 bits per heavy atom. The van der Waals surface area contributed by atoms with Crippen LogP contribution in [0.15, 0.2) is 0 Å². The first-order valence-corrected chi connectivity index (χ1v) is 7.88. The molecule has 3 nitrogen and oxygen atoms in total. The third-order valence-corrected chi connectivity index (χ3v) is 5.78. The summed E-state index contributed by atoms with van der Waals surface area (Å²) in [5, 5.41) is 0. The SMILES string of the molecule is CC1CC(C)N(C2(CN)CCN3CCCCC32)C1. The number of nitrogens with two attached hydrogens (primary N) is 1. The van der Waals surface area contributed by atoms with Gasteiger partial charge in [-0.05, 0) is 45.1 Å². The normalized spacial score (nSPS) is 46.5. The first-order valence-electron chi connectivity index (χ1n) is 7.88. The summed E-state index contributed by atoms with van der Waals surface area (Å²) in [6.07, 6.45) is 6.82. The molecule has 4 unspecified atom stereocenters. The van der Waals surface area contributed by atoms with E-state index in [1.165, 1.54) is 51.7 Å². The minimum Gasteiger partial charge on any atom is -0.329 e. The molecule has 0 bridgehead atoms. The lowest BCUT2D eigenvalue weighted by molar-refractivity contribution is 0.0312. The molecule has 0 aromatic rings. The fourth-order valence-electron chi connectivity index (χ4n) is 4.98. The Balaban J connectivity index is 1.85. The maximum absolute atomic E-state index is 6.29. The zero-order valence-electron chi connectivity index (χ0n) is 12.1. The van der Waals surface area contributed by atoms with E-state index in [0.29, 0.717) is 5.54 Å². The van der Waals surface area contributed by atoms with Gasteiger partial charge in [0.2, 0.25) is 0 Å². The first-order chi connectivity index (χ1) is 8.67. The third kappa shape index (κ3) is 1.83. The van der Waals surface area contributed by atoms with Gasteiger partial charge < -0.3 is 5.73 Å². The first kappa shape index (κ1) is 12.9. The highest BCUT2D eigenvalue weighted by molar-refractivity contribution is 5.11. The summed E-state index contributed by atoms with van der Waals surface area (Å²) in [4.78, 5) is 5.51. The maximum atomic E-state index is 6.29. The second-order valence-electron chi connectivity index (χ2n) is 6.95. The standard InChI is InChI=1S/C15H29N3/c1-12-9-13(2)18(10-12)15(11-16)6-8-17-7-4-3-5-14(15)17/h12-14H,3-11,16H2,1-2H3. The zero-order chi connectivity index (χ0) is 12.8. The van der Waals surface area contributed by atoms with Gasteiger partial charge in [-0.1, -0.05) is 13.3 Å². The average Bonchev–Trinajstić information content (AvgIpc) is 2.91. The Bertz CT molecular complexity index is 306. The van der Waals surface area contributed by atoms with Gasteiger partial charge in [0.05, 0.1) is 5.54 Å². The van der Waals surface area contributed by atoms with E-state index in [1.807, 2.05) is 0 Å². The molecule has 3 aliphatic heterocycles. The average molecular weight is 251 g/mol. The molecule has 0 saturated carbocycles. The monoisotopic (exact) mass is 251 g/mol. The Morgan fingerprint density at radius 1 is 1.22 bits per heavy atom. The van der Waals surface area contributed by atoms with Crippen LogP contribution in [0.1, 0.15) is 46.0 Å². The van der Waals surface area contributed by atoms with Crippen molar-refractivity contribution in [3.05, 3.63) is 0 Å². The number of hydrogen-bond acceptors (Lipinski definition) is 3. The van der Waals surface area contributed by atoms with Crippen LogP contribution in [0.25, 0.3) is 0 Å². The Kier molecular flexibility index (Phi) is 3.41. The number of rotatable bonds is 2. The van der Waals surface area contributed by atoms with E-state index < -0.39 is 0 Å². The summed E-state index contributed by atoms with van der Waals surface area (Å²) in [6.45, 7) is 9.51. The van der Waals surface area contributed by atoms with Crippen molar-refractivity contribution < 1.29 is 0 Å².